The number of ether oxygens (including phenoxy) is 1. The average Bonchev–Trinajstić information content (AvgIpc) is 2.45. The van der Waals surface area contributed by atoms with Gasteiger partial charge in [-0.25, -0.2) is 4.79 Å². The third-order valence-corrected chi connectivity index (χ3v) is 3.67. The number of likely N-dealkylation sites (tertiary alicyclic amines) is 1. The van der Waals surface area contributed by atoms with Crippen LogP contribution < -0.4 is 0 Å². The molecule has 0 N–H and O–H groups in total. The maximum atomic E-state index is 12.5. The minimum atomic E-state index is -0.410. The molecule has 0 bridgehead atoms. The molecule has 1 heterocycles. The van der Waals surface area contributed by atoms with E-state index in [-0.39, 0.29) is 5.91 Å². The van der Waals surface area contributed by atoms with Crippen molar-refractivity contribution in [3.63, 3.8) is 0 Å². The quantitative estimate of drug-likeness (QED) is 0.780. The molecule has 0 aromatic heterocycles. The van der Waals surface area contributed by atoms with Gasteiger partial charge in [0.2, 0.25) is 0 Å². The largest absolute Gasteiger partial charge is 0.465 e. The van der Waals surface area contributed by atoms with Crippen molar-refractivity contribution in [3.8, 4) is 0 Å². The summed E-state index contributed by atoms with van der Waals surface area (Å²) < 4.78 is 4.69. The normalized spacial score (nSPS) is 16.1. The fourth-order valence-corrected chi connectivity index (χ4v) is 2.53. The SMILES string of the molecule is COC(=O)c1cccc(C(=O)N2CCCCCCC2)c1. The lowest BCUT2D eigenvalue weighted by Gasteiger charge is -2.25. The second-order valence-electron chi connectivity index (χ2n) is 5.13. The second kappa shape index (κ2) is 7.08. The van der Waals surface area contributed by atoms with Crippen LogP contribution in [-0.4, -0.2) is 37.0 Å². The van der Waals surface area contributed by atoms with Gasteiger partial charge in [-0.2, -0.15) is 0 Å². The molecule has 1 fully saturated rings. The summed E-state index contributed by atoms with van der Waals surface area (Å²) >= 11 is 0. The first-order chi connectivity index (χ1) is 9.72. The molecule has 20 heavy (non-hydrogen) atoms. The van der Waals surface area contributed by atoms with E-state index >= 15 is 0 Å². The van der Waals surface area contributed by atoms with Crippen molar-refractivity contribution in [2.45, 2.75) is 32.1 Å². The van der Waals surface area contributed by atoms with Gasteiger partial charge in [-0.15, -0.1) is 0 Å². The van der Waals surface area contributed by atoms with Gasteiger partial charge in [0.05, 0.1) is 12.7 Å². The zero-order valence-electron chi connectivity index (χ0n) is 11.9. The molecular formula is C16H21NO3. The predicted octanol–water partition coefficient (Wildman–Crippen LogP) is 2.88. The Morgan fingerprint density at radius 1 is 1.00 bits per heavy atom. The van der Waals surface area contributed by atoms with Crippen LogP contribution in [-0.2, 0) is 4.74 Å². The summed E-state index contributed by atoms with van der Waals surface area (Å²) in [5, 5.41) is 0. The number of methoxy groups -OCH3 is 1. The summed E-state index contributed by atoms with van der Waals surface area (Å²) in [7, 11) is 1.34. The molecule has 0 spiro atoms. The molecule has 1 amide bonds. The fourth-order valence-electron chi connectivity index (χ4n) is 2.53. The van der Waals surface area contributed by atoms with Gasteiger partial charge >= 0.3 is 5.97 Å². The molecule has 0 unspecified atom stereocenters. The highest BCUT2D eigenvalue weighted by Crippen LogP contribution is 2.15. The van der Waals surface area contributed by atoms with Crippen molar-refractivity contribution >= 4 is 11.9 Å². The summed E-state index contributed by atoms with van der Waals surface area (Å²) in [5.41, 5.74) is 0.985. The molecule has 1 aromatic carbocycles. The van der Waals surface area contributed by atoms with E-state index < -0.39 is 5.97 Å². The number of carbonyl (C=O) groups is 2. The van der Waals surface area contributed by atoms with E-state index in [4.69, 9.17) is 0 Å². The Morgan fingerprint density at radius 2 is 1.60 bits per heavy atom. The summed E-state index contributed by atoms with van der Waals surface area (Å²) in [6, 6.07) is 6.76. The van der Waals surface area contributed by atoms with Crippen LogP contribution in [0.3, 0.4) is 0 Å². The van der Waals surface area contributed by atoms with Crippen LogP contribution in [0.4, 0.5) is 0 Å². The molecule has 2 rings (SSSR count). The van der Waals surface area contributed by atoms with Crippen LogP contribution >= 0.6 is 0 Å². The Kier molecular flexibility index (Phi) is 5.16. The van der Waals surface area contributed by atoms with Crippen molar-refractivity contribution in [2.75, 3.05) is 20.2 Å². The van der Waals surface area contributed by atoms with Gasteiger partial charge in [0.1, 0.15) is 0 Å². The summed E-state index contributed by atoms with van der Waals surface area (Å²) in [4.78, 5) is 25.9. The zero-order chi connectivity index (χ0) is 14.4. The van der Waals surface area contributed by atoms with Gasteiger partial charge in [0, 0.05) is 18.7 Å². The number of nitrogens with zero attached hydrogens (tertiary/aromatic N) is 1. The van der Waals surface area contributed by atoms with E-state index in [0.717, 1.165) is 25.9 Å². The molecule has 108 valence electrons. The van der Waals surface area contributed by atoms with Gasteiger partial charge in [-0.1, -0.05) is 25.3 Å². The van der Waals surface area contributed by atoms with E-state index in [9.17, 15) is 9.59 Å². The van der Waals surface area contributed by atoms with Crippen LogP contribution in [0, 0.1) is 0 Å². The first-order valence-electron chi connectivity index (χ1n) is 7.20. The van der Waals surface area contributed by atoms with Gasteiger partial charge in [-0.05, 0) is 31.0 Å². The van der Waals surface area contributed by atoms with Crippen LogP contribution in [0.15, 0.2) is 24.3 Å². The molecule has 4 nitrogen and oxygen atoms in total. The summed E-state index contributed by atoms with van der Waals surface area (Å²) in [6.07, 6.45) is 5.75. The Bertz CT molecular complexity index is 476. The number of esters is 1. The second-order valence-corrected chi connectivity index (χ2v) is 5.13. The molecule has 1 aliphatic heterocycles. The number of carbonyl (C=O) groups excluding carboxylic acids is 2. The highest BCUT2D eigenvalue weighted by atomic mass is 16.5. The number of amides is 1. The lowest BCUT2D eigenvalue weighted by atomic mass is 10.1. The average molecular weight is 275 g/mol. The molecule has 0 saturated carbocycles. The monoisotopic (exact) mass is 275 g/mol. The van der Waals surface area contributed by atoms with E-state index in [1.165, 1.54) is 26.4 Å². The lowest BCUT2D eigenvalue weighted by Crippen LogP contribution is -2.33. The van der Waals surface area contributed by atoms with E-state index in [1.807, 2.05) is 4.90 Å². The lowest BCUT2D eigenvalue weighted by molar-refractivity contribution is 0.0600. The standard InChI is InChI=1S/C16H21NO3/c1-20-16(19)14-9-7-8-13(12-14)15(18)17-10-5-3-2-4-6-11-17/h7-9,12H,2-6,10-11H2,1H3. The number of benzene rings is 1. The Balaban J connectivity index is 2.12. The van der Waals surface area contributed by atoms with Gasteiger partial charge < -0.3 is 9.64 Å². The van der Waals surface area contributed by atoms with Crippen molar-refractivity contribution in [1.82, 2.24) is 4.90 Å². The predicted molar refractivity (Wildman–Crippen MR) is 76.8 cm³/mol. The van der Waals surface area contributed by atoms with Gasteiger partial charge in [0.15, 0.2) is 0 Å². The van der Waals surface area contributed by atoms with E-state index in [1.54, 1.807) is 24.3 Å². The minimum absolute atomic E-state index is 0.0117. The highest BCUT2D eigenvalue weighted by Gasteiger charge is 2.18. The molecule has 4 heteroatoms. The maximum Gasteiger partial charge on any atom is 0.337 e. The zero-order valence-corrected chi connectivity index (χ0v) is 11.9. The van der Waals surface area contributed by atoms with Crippen molar-refractivity contribution in [1.29, 1.82) is 0 Å². The van der Waals surface area contributed by atoms with Crippen molar-refractivity contribution in [3.05, 3.63) is 35.4 Å². The Morgan fingerprint density at radius 3 is 2.25 bits per heavy atom. The van der Waals surface area contributed by atoms with Gasteiger partial charge in [0.25, 0.3) is 5.91 Å². The maximum absolute atomic E-state index is 12.5. The van der Waals surface area contributed by atoms with Crippen molar-refractivity contribution < 1.29 is 14.3 Å². The summed E-state index contributed by atoms with van der Waals surface area (Å²) in [5.74, 6) is -0.398. The van der Waals surface area contributed by atoms with E-state index in [2.05, 4.69) is 4.74 Å². The third kappa shape index (κ3) is 3.59. The van der Waals surface area contributed by atoms with Crippen LogP contribution in [0.2, 0.25) is 0 Å². The molecule has 0 atom stereocenters. The Labute approximate surface area is 119 Å². The number of hydrogen-bond acceptors (Lipinski definition) is 3. The molecule has 0 aliphatic carbocycles. The van der Waals surface area contributed by atoms with Gasteiger partial charge in [-0.3, -0.25) is 4.79 Å². The molecule has 1 aromatic rings. The fraction of sp³-hybridized carbons (Fsp3) is 0.500. The summed E-state index contributed by atoms with van der Waals surface area (Å²) in [6.45, 7) is 1.61. The van der Waals surface area contributed by atoms with Crippen LogP contribution in [0.1, 0.15) is 52.8 Å². The first kappa shape index (κ1) is 14.6. The molecule has 1 aliphatic rings. The highest BCUT2D eigenvalue weighted by molar-refractivity contribution is 5.97. The van der Waals surface area contributed by atoms with Crippen LogP contribution in [0.25, 0.3) is 0 Å². The minimum Gasteiger partial charge on any atom is -0.465 e. The van der Waals surface area contributed by atoms with E-state index in [0.29, 0.717) is 11.1 Å². The molecule has 1 saturated heterocycles. The van der Waals surface area contributed by atoms with Crippen molar-refractivity contribution in [2.24, 2.45) is 0 Å². The number of rotatable bonds is 2. The number of hydrogen-bond donors (Lipinski definition) is 0. The topological polar surface area (TPSA) is 46.6 Å². The molecular weight excluding hydrogens is 254 g/mol. The van der Waals surface area contributed by atoms with Crippen LogP contribution in [0.5, 0.6) is 0 Å². The Hall–Kier alpha value is -1.84. The smallest absolute Gasteiger partial charge is 0.337 e. The molecule has 0 radical (unpaired) electrons. The first-order valence-corrected chi connectivity index (χ1v) is 7.20. The third-order valence-electron chi connectivity index (χ3n) is 3.67.